The molecule has 1 aromatic carbocycles. The van der Waals surface area contributed by atoms with Crippen molar-refractivity contribution in [3.8, 4) is 5.75 Å². The lowest BCUT2D eigenvalue weighted by Crippen LogP contribution is -2.48. The summed E-state index contributed by atoms with van der Waals surface area (Å²) in [7, 11) is 0. The normalized spacial score (nSPS) is 21.6. The van der Waals surface area contributed by atoms with Crippen LogP contribution in [0.25, 0.3) is 0 Å². The van der Waals surface area contributed by atoms with Crippen molar-refractivity contribution >= 4 is 5.91 Å². The molecule has 1 unspecified atom stereocenters. The highest BCUT2D eigenvalue weighted by atomic mass is 16.5. The van der Waals surface area contributed by atoms with Gasteiger partial charge >= 0.3 is 0 Å². The van der Waals surface area contributed by atoms with E-state index in [9.17, 15) is 4.79 Å². The fourth-order valence-corrected chi connectivity index (χ4v) is 3.86. The number of rotatable bonds is 5. The predicted molar refractivity (Wildman–Crippen MR) is 95.6 cm³/mol. The summed E-state index contributed by atoms with van der Waals surface area (Å²) in [5, 5.41) is 4.61. The molecule has 2 aliphatic rings. The Morgan fingerprint density at radius 3 is 2.72 bits per heavy atom. The Labute approximate surface area is 148 Å². The van der Waals surface area contributed by atoms with Crippen LogP contribution in [-0.2, 0) is 6.61 Å². The summed E-state index contributed by atoms with van der Waals surface area (Å²) in [5.74, 6) is 0.914. The van der Waals surface area contributed by atoms with E-state index in [4.69, 9.17) is 4.74 Å². The van der Waals surface area contributed by atoms with Gasteiger partial charge in [0, 0.05) is 13.1 Å². The maximum Gasteiger partial charge on any atom is 0.272 e. The number of hydrogen-bond acceptors (Lipinski definition) is 3. The molecule has 1 fully saturated rings. The summed E-state index contributed by atoms with van der Waals surface area (Å²) in [6.45, 7) is 6.39. The van der Waals surface area contributed by atoms with Crippen LogP contribution in [0.15, 0.2) is 36.4 Å². The number of amides is 1. The minimum Gasteiger partial charge on any atom is -0.487 e. The molecule has 1 atom stereocenters. The zero-order valence-corrected chi connectivity index (χ0v) is 14.9. The largest absolute Gasteiger partial charge is 0.487 e. The summed E-state index contributed by atoms with van der Waals surface area (Å²) in [4.78, 5) is 14.9. The molecule has 0 bridgehead atoms. The van der Waals surface area contributed by atoms with E-state index in [1.54, 1.807) is 0 Å². The van der Waals surface area contributed by atoms with Gasteiger partial charge in [-0.2, -0.15) is 5.10 Å². The quantitative estimate of drug-likeness (QED) is 0.835. The lowest BCUT2D eigenvalue weighted by molar-refractivity contribution is 0.0423. The van der Waals surface area contributed by atoms with Gasteiger partial charge in [0.05, 0.1) is 6.04 Å². The summed E-state index contributed by atoms with van der Waals surface area (Å²) in [6, 6.07) is 11.8. The number of fused-ring (bicyclic) bond motifs is 1. The zero-order chi connectivity index (χ0) is 17.4. The molecule has 0 saturated heterocycles. The van der Waals surface area contributed by atoms with E-state index in [0.29, 0.717) is 17.7 Å². The van der Waals surface area contributed by atoms with Gasteiger partial charge in [-0.3, -0.25) is 9.48 Å². The van der Waals surface area contributed by atoms with E-state index in [2.05, 4.69) is 18.9 Å². The van der Waals surface area contributed by atoms with Crippen molar-refractivity contribution in [1.29, 1.82) is 0 Å². The van der Waals surface area contributed by atoms with E-state index in [-0.39, 0.29) is 11.9 Å². The van der Waals surface area contributed by atoms with E-state index < -0.39 is 0 Å². The molecule has 1 amide bonds. The van der Waals surface area contributed by atoms with E-state index in [1.165, 1.54) is 19.3 Å². The minimum absolute atomic E-state index is 0.102. The zero-order valence-electron chi connectivity index (χ0n) is 14.9. The number of carbonyl (C=O) groups excluding carboxylic acids is 1. The second-order valence-electron chi connectivity index (χ2n) is 7.77. The fourth-order valence-electron chi connectivity index (χ4n) is 3.86. The number of ether oxygens (including phenoxy) is 1. The van der Waals surface area contributed by atoms with E-state index in [0.717, 1.165) is 24.5 Å². The van der Waals surface area contributed by atoms with Crippen molar-refractivity contribution in [2.24, 2.45) is 5.41 Å². The number of para-hydroxylation sites is 1. The molecule has 1 aromatic heterocycles. The minimum atomic E-state index is 0.102. The lowest BCUT2D eigenvalue weighted by atomic mass is 9.70. The first kappa shape index (κ1) is 16.2. The van der Waals surface area contributed by atoms with Gasteiger partial charge in [-0.05, 0) is 43.4 Å². The van der Waals surface area contributed by atoms with Crippen LogP contribution in [0.5, 0.6) is 5.75 Å². The number of benzene rings is 1. The van der Waals surface area contributed by atoms with Gasteiger partial charge in [0.1, 0.15) is 23.7 Å². The maximum atomic E-state index is 12.9. The predicted octanol–water partition coefficient (Wildman–Crippen LogP) is 3.67. The summed E-state index contributed by atoms with van der Waals surface area (Å²) in [6.07, 6.45) is 3.73. The van der Waals surface area contributed by atoms with Crippen molar-refractivity contribution in [1.82, 2.24) is 14.7 Å². The molecule has 132 valence electrons. The highest BCUT2D eigenvalue weighted by molar-refractivity contribution is 5.93. The summed E-state index contributed by atoms with van der Waals surface area (Å²) >= 11 is 0. The van der Waals surface area contributed by atoms with Gasteiger partial charge < -0.3 is 9.64 Å². The SMILES string of the molecule is CC1CN(CC2(C)CCC2)C(=O)c2cc(COc3ccccc3)nn21. The molecule has 0 radical (unpaired) electrons. The van der Waals surface area contributed by atoms with Crippen LogP contribution in [0.3, 0.4) is 0 Å². The molecule has 2 heterocycles. The first-order valence-corrected chi connectivity index (χ1v) is 9.10. The van der Waals surface area contributed by atoms with Crippen molar-refractivity contribution in [3.63, 3.8) is 0 Å². The highest BCUT2D eigenvalue weighted by Gasteiger charge is 2.38. The third kappa shape index (κ3) is 3.15. The third-order valence-corrected chi connectivity index (χ3v) is 5.46. The number of carbonyl (C=O) groups is 1. The van der Waals surface area contributed by atoms with E-state index in [1.807, 2.05) is 46.0 Å². The molecule has 5 nitrogen and oxygen atoms in total. The van der Waals surface area contributed by atoms with Gasteiger partial charge in [0.2, 0.25) is 0 Å². The highest BCUT2D eigenvalue weighted by Crippen LogP contribution is 2.41. The van der Waals surface area contributed by atoms with Crippen LogP contribution >= 0.6 is 0 Å². The van der Waals surface area contributed by atoms with Crippen molar-refractivity contribution in [2.45, 2.75) is 45.8 Å². The molecule has 1 saturated carbocycles. The van der Waals surface area contributed by atoms with Gasteiger partial charge in [-0.15, -0.1) is 0 Å². The van der Waals surface area contributed by atoms with Crippen molar-refractivity contribution < 1.29 is 9.53 Å². The molecular weight excluding hydrogens is 314 g/mol. The first-order chi connectivity index (χ1) is 12.0. The van der Waals surface area contributed by atoms with Crippen molar-refractivity contribution in [2.75, 3.05) is 13.1 Å². The fraction of sp³-hybridized carbons (Fsp3) is 0.500. The molecule has 2 aromatic rings. The van der Waals surface area contributed by atoms with Crippen LogP contribution in [0.1, 0.15) is 55.3 Å². The Morgan fingerprint density at radius 2 is 2.04 bits per heavy atom. The van der Waals surface area contributed by atoms with Gasteiger partial charge in [-0.1, -0.05) is 31.5 Å². The Morgan fingerprint density at radius 1 is 1.28 bits per heavy atom. The van der Waals surface area contributed by atoms with Gasteiger partial charge in [0.15, 0.2) is 0 Å². The molecule has 1 aliphatic carbocycles. The van der Waals surface area contributed by atoms with Gasteiger partial charge in [-0.25, -0.2) is 0 Å². The van der Waals surface area contributed by atoms with Crippen LogP contribution in [-0.4, -0.2) is 33.7 Å². The third-order valence-electron chi connectivity index (χ3n) is 5.46. The Kier molecular flexibility index (Phi) is 4.02. The Bertz CT molecular complexity index is 765. The van der Waals surface area contributed by atoms with Crippen LogP contribution in [0, 0.1) is 5.41 Å². The molecule has 0 N–H and O–H groups in total. The molecule has 1 aliphatic heterocycles. The summed E-state index contributed by atoms with van der Waals surface area (Å²) in [5.41, 5.74) is 1.79. The molecule has 25 heavy (non-hydrogen) atoms. The number of nitrogens with zero attached hydrogens (tertiary/aromatic N) is 3. The number of aromatic nitrogens is 2. The lowest BCUT2D eigenvalue weighted by Gasteiger charge is -2.44. The molecular formula is C20H25N3O2. The second kappa shape index (κ2) is 6.21. The topological polar surface area (TPSA) is 47.4 Å². The first-order valence-electron chi connectivity index (χ1n) is 9.10. The summed E-state index contributed by atoms with van der Waals surface area (Å²) < 4.78 is 7.64. The Balaban J connectivity index is 1.48. The van der Waals surface area contributed by atoms with Crippen LogP contribution in [0.4, 0.5) is 0 Å². The van der Waals surface area contributed by atoms with Crippen LogP contribution < -0.4 is 4.74 Å². The molecule has 5 heteroatoms. The van der Waals surface area contributed by atoms with Crippen LogP contribution in [0.2, 0.25) is 0 Å². The molecule has 4 rings (SSSR count). The number of hydrogen-bond donors (Lipinski definition) is 0. The molecule has 0 spiro atoms. The van der Waals surface area contributed by atoms with Crippen molar-refractivity contribution in [3.05, 3.63) is 47.8 Å². The average molecular weight is 339 g/mol. The second-order valence-corrected chi connectivity index (χ2v) is 7.77. The average Bonchev–Trinajstić information content (AvgIpc) is 3.02. The smallest absolute Gasteiger partial charge is 0.272 e. The van der Waals surface area contributed by atoms with E-state index >= 15 is 0 Å². The maximum absolute atomic E-state index is 12.9. The van der Waals surface area contributed by atoms with Gasteiger partial charge in [0.25, 0.3) is 5.91 Å². The monoisotopic (exact) mass is 339 g/mol. The Hall–Kier alpha value is -2.30. The standard InChI is InChI=1S/C20H25N3O2/c1-15-12-22(14-20(2)9-6-10-20)19(24)18-11-16(21-23(15)18)13-25-17-7-4-3-5-8-17/h3-5,7-8,11,15H,6,9-10,12-14H2,1-2H3.